The van der Waals surface area contributed by atoms with Gasteiger partial charge in [-0.15, -0.1) is 0 Å². The second-order valence-corrected chi connectivity index (χ2v) is 7.37. The fourth-order valence-electron chi connectivity index (χ4n) is 3.86. The summed E-state index contributed by atoms with van der Waals surface area (Å²) >= 11 is 0. The van der Waals surface area contributed by atoms with E-state index in [1.165, 1.54) is 42.4 Å². The lowest BCUT2D eigenvalue weighted by Gasteiger charge is -2.48. The Bertz CT molecular complexity index is 592. The van der Waals surface area contributed by atoms with Gasteiger partial charge in [-0.3, -0.25) is 0 Å². The first-order valence-electron chi connectivity index (χ1n) is 8.19. The van der Waals surface area contributed by atoms with E-state index >= 15 is 0 Å². The zero-order valence-corrected chi connectivity index (χ0v) is 13.5. The maximum Gasteiger partial charge on any atom is -0.00241 e. The van der Waals surface area contributed by atoms with Crippen LogP contribution in [-0.4, -0.2) is 0 Å². The highest BCUT2D eigenvalue weighted by Gasteiger charge is 2.43. The Hall–Kier alpha value is -1.56. The largest absolute Gasteiger partial charge is 0.0622 e. The zero-order chi connectivity index (χ0) is 14.9. The first-order chi connectivity index (χ1) is 10.0. The minimum atomic E-state index is 0.306. The third-order valence-corrected chi connectivity index (χ3v) is 5.85. The first kappa shape index (κ1) is 14.4. The zero-order valence-electron chi connectivity index (χ0n) is 13.5. The molecule has 1 unspecified atom stereocenters. The third kappa shape index (κ3) is 2.52. The van der Waals surface area contributed by atoms with Crippen LogP contribution in [0.2, 0.25) is 0 Å². The molecule has 0 N–H and O–H groups in total. The minimum absolute atomic E-state index is 0.306. The molecule has 21 heavy (non-hydrogen) atoms. The van der Waals surface area contributed by atoms with E-state index in [2.05, 4.69) is 75.4 Å². The van der Waals surface area contributed by atoms with E-state index in [9.17, 15) is 0 Å². The SMILES string of the molecule is CC1(C)CCCCC1(C)c1ccc(-c2ccccc2)cc1. The highest BCUT2D eigenvalue weighted by Crippen LogP contribution is 2.51. The monoisotopic (exact) mass is 278 g/mol. The topological polar surface area (TPSA) is 0 Å². The van der Waals surface area contributed by atoms with Crippen molar-refractivity contribution in [3.63, 3.8) is 0 Å². The van der Waals surface area contributed by atoms with E-state index in [4.69, 9.17) is 0 Å². The molecule has 1 atom stereocenters. The van der Waals surface area contributed by atoms with Crippen molar-refractivity contribution in [2.45, 2.75) is 51.9 Å². The van der Waals surface area contributed by atoms with Crippen molar-refractivity contribution in [3.05, 3.63) is 60.2 Å². The molecule has 1 aliphatic rings. The molecule has 1 fully saturated rings. The van der Waals surface area contributed by atoms with Crippen molar-refractivity contribution in [3.8, 4) is 11.1 Å². The summed E-state index contributed by atoms with van der Waals surface area (Å²) in [6.45, 7) is 7.35. The lowest BCUT2D eigenvalue weighted by atomic mass is 9.56. The van der Waals surface area contributed by atoms with Gasteiger partial charge in [-0.2, -0.15) is 0 Å². The molecule has 0 amide bonds. The van der Waals surface area contributed by atoms with Crippen LogP contribution in [0.1, 0.15) is 52.0 Å². The van der Waals surface area contributed by atoms with Crippen molar-refractivity contribution >= 4 is 0 Å². The van der Waals surface area contributed by atoms with Gasteiger partial charge in [-0.05, 0) is 40.4 Å². The van der Waals surface area contributed by atoms with Crippen LogP contribution >= 0.6 is 0 Å². The van der Waals surface area contributed by atoms with Crippen LogP contribution in [0.15, 0.2) is 54.6 Å². The normalized spacial score (nSPS) is 24.7. The Morgan fingerprint density at radius 1 is 0.667 bits per heavy atom. The predicted molar refractivity (Wildman–Crippen MR) is 91.5 cm³/mol. The van der Waals surface area contributed by atoms with Crippen LogP contribution in [0.5, 0.6) is 0 Å². The van der Waals surface area contributed by atoms with Gasteiger partial charge >= 0.3 is 0 Å². The van der Waals surface area contributed by atoms with E-state index < -0.39 is 0 Å². The average Bonchev–Trinajstić information content (AvgIpc) is 2.51. The van der Waals surface area contributed by atoms with Gasteiger partial charge in [0.15, 0.2) is 0 Å². The molecule has 0 nitrogen and oxygen atoms in total. The Balaban J connectivity index is 1.94. The summed E-state index contributed by atoms with van der Waals surface area (Å²) < 4.78 is 0. The van der Waals surface area contributed by atoms with Crippen LogP contribution < -0.4 is 0 Å². The molecule has 0 aliphatic heterocycles. The maximum atomic E-state index is 2.46. The van der Waals surface area contributed by atoms with E-state index in [1.807, 2.05) is 0 Å². The van der Waals surface area contributed by atoms with Gasteiger partial charge in [-0.25, -0.2) is 0 Å². The second kappa shape index (κ2) is 5.33. The summed E-state index contributed by atoms with van der Waals surface area (Å²) in [4.78, 5) is 0. The fourth-order valence-corrected chi connectivity index (χ4v) is 3.86. The van der Waals surface area contributed by atoms with E-state index in [0.29, 0.717) is 10.8 Å². The molecule has 0 bridgehead atoms. The van der Waals surface area contributed by atoms with Gasteiger partial charge in [0, 0.05) is 0 Å². The molecular weight excluding hydrogens is 252 g/mol. The van der Waals surface area contributed by atoms with Crippen molar-refractivity contribution in [1.82, 2.24) is 0 Å². The van der Waals surface area contributed by atoms with Crippen molar-refractivity contribution in [1.29, 1.82) is 0 Å². The van der Waals surface area contributed by atoms with E-state index in [-0.39, 0.29) is 0 Å². The van der Waals surface area contributed by atoms with Crippen LogP contribution in [-0.2, 0) is 5.41 Å². The molecule has 0 spiro atoms. The Morgan fingerprint density at radius 2 is 1.24 bits per heavy atom. The summed E-state index contributed by atoms with van der Waals surface area (Å²) in [6, 6.07) is 19.9. The Kier molecular flexibility index (Phi) is 3.65. The molecule has 2 aromatic carbocycles. The molecule has 0 radical (unpaired) electrons. The molecular formula is C21H26. The quantitative estimate of drug-likeness (QED) is 0.612. The summed E-state index contributed by atoms with van der Waals surface area (Å²) in [5, 5.41) is 0. The highest BCUT2D eigenvalue weighted by atomic mass is 14.5. The number of hydrogen-bond donors (Lipinski definition) is 0. The smallest absolute Gasteiger partial charge is 0.00241 e. The Morgan fingerprint density at radius 3 is 1.86 bits per heavy atom. The fraction of sp³-hybridized carbons (Fsp3) is 0.429. The van der Waals surface area contributed by atoms with Gasteiger partial charge in [0.05, 0.1) is 0 Å². The summed E-state index contributed by atoms with van der Waals surface area (Å²) in [5.74, 6) is 0. The predicted octanol–water partition coefficient (Wildman–Crippen LogP) is 6.21. The van der Waals surface area contributed by atoms with Crippen LogP contribution in [0, 0.1) is 5.41 Å². The average molecular weight is 278 g/mol. The Labute approximate surface area is 129 Å². The maximum absolute atomic E-state index is 2.46. The summed E-state index contributed by atoms with van der Waals surface area (Å²) in [5.41, 5.74) is 4.82. The lowest BCUT2D eigenvalue weighted by Crippen LogP contribution is -2.41. The van der Waals surface area contributed by atoms with Gasteiger partial charge in [0.2, 0.25) is 0 Å². The molecule has 110 valence electrons. The number of rotatable bonds is 2. The molecule has 0 saturated heterocycles. The third-order valence-electron chi connectivity index (χ3n) is 5.85. The molecule has 3 rings (SSSR count). The number of hydrogen-bond acceptors (Lipinski definition) is 0. The van der Waals surface area contributed by atoms with Gasteiger partial charge < -0.3 is 0 Å². The van der Waals surface area contributed by atoms with Gasteiger partial charge in [-0.1, -0.05) is 88.2 Å². The van der Waals surface area contributed by atoms with Crippen molar-refractivity contribution in [2.24, 2.45) is 5.41 Å². The van der Waals surface area contributed by atoms with Crippen molar-refractivity contribution < 1.29 is 0 Å². The van der Waals surface area contributed by atoms with Gasteiger partial charge in [0.1, 0.15) is 0 Å². The molecule has 2 aromatic rings. The van der Waals surface area contributed by atoms with E-state index in [1.54, 1.807) is 0 Å². The molecule has 1 aliphatic carbocycles. The van der Waals surface area contributed by atoms with E-state index in [0.717, 1.165) is 0 Å². The second-order valence-electron chi connectivity index (χ2n) is 7.37. The van der Waals surface area contributed by atoms with Crippen LogP contribution in [0.25, 0.3) is 11.1 Å². The molecule has 1 saturated carbocycles. The van der Waals surface area contributed by atoms with Crippen LogP contribution in [0.3, 0.4) is 0 Å². The molecule has 0 heteroatoms. The minimum Gasteiger partial charge on any atom is -0.0622 e. The standard InChI is InChI=1S/C21H26/c1-20(2)15-7-8-16-21(20,3)19-13-11-18(12-14-19)17-9-5-4-6-10-17/h4-6,9-14H,7-8,15-16H2,1-3H3. The first-order valence-corrected chi connectivity index (χ1v) is 8.19. The highest BCUT2D eigenvalue weighted by molar-refractivity contribution is 5.63. The lowest BCUT2D eigenvalue weighted by molar-refractivity contribution is 0.109. The summed E-state index contributed by atoms with van der Waals surface area (Å²) in [7, 11) is 0. The van der Waals surface area contributed by atoms with Crippen LogP contribution in [0.4, 0.5) is 0 Å². The number of benzene rings is 2. The van der Waals surface area contributed by atoms with Crippen molar-refractivity contribution in [2.75, 3.05) is 0 Å². The molecule has 0 heterocycles. The van der Waals surface area contributed by atoms with Gasteiger partial charge in [0.25, 0.3) is 0 Å². The summed E-state index contributed by atoms with van der Waals surface area (Å²) in [6.07, 6.45) is 5.39. The molecule has 0 aromatic heterocycles.